The Hall–Kier alpha value is -1.95. The molecule has 0 aromatic rings. The summed E-state index contributed by atoms with van der Waals surface area (Å²) in [5, 5.41) is 19.2. The molecule has 0 rings (SSSR count). The molecule has 6 nitrogen and oxygen atoms in total. The Morgan fingerprint density at radius 3 is 1.07 bits per heavy atom. The van der Waals surface area contributed by atoms with Gasteiger partial charge in [0.2, 0.25) is 11.8 Å². The van der Waals surface area contributed by atoms with Crippen molar-refractivity contribution < 1.29 is 24.6 Å². The van der Waals surface area contributed by atoms with E-state index in [9.17, 15) is 24.6 Å². The number of aliphatic carboxylic acids is 1. The molecule has 45 heavy (non-hydrogen) atoms. The van der Waals surface area contributed by atoms with Crippen molar-refractivity contribution in [1.29, 1.82) is 0 Å². The molecule has 1 atom stereocenters. The SMILES string of the molecule is CCCCCCCCC=CCCCCCCCC(=O)N(C(=O)CCCCCCCC=CCCCCCCCC)C(CO)C(=O)O. The number of rotatable bonds is 33. The number of carboxylic acid groups (broad SMARTS) is 1. The van der Waals surface area contributed by atoms with E-state index in [1.54, 1.807) is 0 Å². The number of imide groups is 1. The number of aliphatic hydroxyl groups excluding tert-OH is 1. The first-order chi connectivity index (χ1) is 22.0. The molecule has 0 spiro atoms. The topological polar surface area (TPSA) is 94.9 Å². The van der Waals surface area contributed by atoms with Crippen LogP contribution in [0.5, 0.6) is 0 Å². The van der Waals surface area contributed by atoms with E-state index in [1.807, 2.05) is 0 Å². The van der Waals surface area contributed by atoms with Crippen LogP contribution in [0.2, 0.25) is 0 Å². The van der Waals surface area contributed by atoms with Gasteiger partial charge in [0.15, 0.2) is 6.04 Å². The molecular weight excluding hydrogens is 562 g/mol. The summed E-state index contributed by atoms with van der Waals surface area (Å²) in [4.78, 5) is 38.3. The van der Waals surface area contributed by atoms with Crippen LogP contribution in [-0.2, 0) is 14.4 Å². The molecule has 0 aromatic carbocycles. The first-order valence-corrected chi connectivity index (χ1v) is 19.0. The predicted molar refractivity (Wildman–Crippen MR) is 189 cm³/mol. The van der Waals surface area contributed by atoms with E-state index in [4.69, 9.17) is 0 Å². The van der Waals surface area contributed by atoms with Crippen LogP contribution < -0.4 is 0 Å². The molecule has 6 heteroatoms. The Morgan fingerprint density at radius 2 is 0.778 bits per heavy atom. The highest BCUT2D eigenvalue weighted by Crippen LogP contribution is 2.15. The van der Waals surface area contributed by atoms with Crippen molar-refractivity contribution in [3.8, 4) is 0 Å². The monoisotopic (exact) mass is 634 g/mol. The summed E-state index contributed by atoms with van der Waals surface area (Å²) in [6.07, 6.45) is 39.4. The lowest BCUT2D eigenvalue weighted by Crippen LogP contribution is -2.50. The summed E-state index contributed by atoms with van der Waals surface area (Å²) in [7, 11) is 0. The summed E-state index contributed by atoms with van der Waals surface area (Å²) in [5.41, 5.74) is 0. The highest BCUT2D eigenvalue weighted by molar-refractivity contribution is 5.99. The molecule has 0 heterocycles. The molecule has 0 fully saturated rings. The Kier molecular flexibility index (Phi) is 32.0. The fourth-order valence-corrected chi connectivity index (χ4v) is 5.69. The number of hydrogen-bond donors (Lipinski definition) is 2. The Morgan fingerprint density at radius 1 is 0.489 bits per heavy atom. The molecule has 0 saturated carbocycles. The minimum atomic E-state index is -1.50. The van der Waals surface area contributed by atoms with Crippen molar-refractivity contribution in [1.82, 2.24) is 4.90 Å². The number of hydrogen-bond acceptors (Lipinski definition) is 4. The normalized spacial score (nSPS) is 12.3. The average Bonchev–Trinajstić information content (AvgIpc) is 3.03. The maximum absolute atomic E-state index is 12.9. The predicted octanol–water partition coefficient (Wildman–Crippen LogP) is 10.9. The summed E-state index contributed by atoms with van der Waals surface area (Å²) < 4.78 is 0. The van der Waals surface area contributed by atoms with Gasteiger partial charge in [-0.05, 0) is 64.2 Å². The molecular formula is C39H71NO5. The zero-order valence-corrected chi connectivity index (χ0v) is 29.5. The van der Waals surface area contributed by atoms with E-state index in [-0.39, 0.29) is 12.8 Å². The van der Waals surface area contributed by atoms with Crippen LogP contribution in [0.15, 0.2) is 24.3 Å². The van der Waals surface area contributed by atoms with Gasteiger partial charge in [-0.15, -0.1) is 0 Å². The van der Waals surface area contributed by atoms with Crippen molar-refractivity contribution in [3.05, 3.63) is 24.3 Å². The van der Waals surface area contributed by atoms with Gasteiger partial charge in [0.25, 0.3) is 0 Å². The zero-order chi connectivity index (χ0) is 33.2. The molecule has 0 aliphatic heterocycles. The highest BCUT2D eigenvalue weighted by atomic mass is 16.4. The molecule has 0 aliphatic rings. The molecule has 0 radical (unpaired) electrons. The summed E-state index contributed by atoms with van der Waals surface area (Å²) in [6, 6.07) is -1.50. The van der Waals surface area contributed by atoms with Crippen molar-refractivity contribution in [2.75, 3.05) is 6.61 Å². The summed E-state index contributed by atoms with van der Waals surface area (Å²) in [5.74, 6) is -2.30. The van der Waals surface area contributed by atoms with E-state index in [1.165, 1.54) is 89.9 Å². The maximum Gasteiger partial charge on any atom is 0.329 e. The van der Waals surface area contributed by atoms with Crippen LogP contribution in [0.4, 0.5) is 0 Å². The molecule has 262 valence electrons. The second-order valence-corrected chi connectivity index (χ2v) is 12.9. The largest absolute Gasteiger partial charge is 0.480 e. The Balaban J connectivity index is 4.11. The van der Waals surface area contributed by atoms with Gasteiger partial charge in [-0.1, -0.05) is 141 Å². The maximum atomic E-state index is 12.9. The molecule has 0 aliphatic carbocycles. The van der Waals surface area contributed by atoms with E-state index < -0.39 is 30.4 Å². The van der Waals surface area contributed by atoms with E-state index >= 15 is 0 Å². The van der Waals surface area contributed by atoms with Crippen molar-refractivity contribution in [2.24, 2.45) is 0 Å². The zero-order valence-electron chi connectivity index (χ0n) is 29.5. The number of carbonyl (C=O) groups is 3. The molecule has 0 bridgehead atoms. The van der Waals surface area contributed by atoms with Crippen LogP contribution in [-0.4, -0.2) is 45.5 Å². The number of carboxylic acids is 1. The standard InChI is InChI=1S/C39H71NO5/c1-3-5-7-9-11-13-15-17-19-21-23-25-27-29-31-33-37(42)40(36(35-41)39(44)45)38(43)34-32-30-28-26-24-22-20-18-16-14-12-10-8-6-4-2/h17-20,36,41H,3-16,21-35H2,1-2H3,(H,44,45). The summed E-state index contributed by atoms with van der Waals surface area (Å²) >= 11 is 0. The third-order valence-electron chi connectivity index (χ3n) is 8.61. The molecule has 1 unspecified atom stereocenters. The fraction of sp³-hybridized carbons (Fsp3) is 0.821. The van der Waals surface area contributed by atoms with Crippen LogP contribution >= 0.6 is 0 Å². The average molecular weight is 634 g/mol. The number of aliphatic hydroxyl groups is 1. The van der Waals surface area contributed by atoms with Crippen molar-refractivity contribution in [3.63, 3.8) is 0 Å². The van der Waals surface area contributed by atoms with Gasteiger partial charge in [-0.2, -0.15) is 0 Å². The van der Waals surface area contributed by atoms with Gasteiger partial charge >= 0.3 is 5.97 Å². The Bertz CT molecular complexity index is 711. The third kappa shape index (κ3) is 26.9. The second kappa shape index (κ2) is 33.4. The number of allylic oxidation sites excluding steroid dienone is 4. The lowest BCUT2D eigenvalue weighted by Gasteiger charge is -2.26. The molecule has 2 N–H and O–H groups in total. The number of carbonyl (C=O) groups excluding carboxylic acids is 2. The number of nitrogens with zero attached hydrogens (tertiary/aromatic N) is 1. The molecule has 2 amide bonds. The van der Waals surface area contributed by atoms with Gasteiger partial charge in [0.1, 0.15) is 0 Å². The van der Waals surface area contributed by atoms with Crippen LogP contribution in [0.3, 0.4) is 0 Å². The van der Waals surface area contributed by atoms with Gasteiger partial charge in [-0.3, -0.25) is 14.5 Å². The third-order valence-corrected chi connectivity index (χ3v) is 8.61. The molecule has 0 aromatic heterocycles. The first-order valence-electron chi connectivity index (χ1n) is 19.0. The van der Waals surface area contributed by atoms with Gasteiger partial charge in [0.05, 0.1) is 6.61 Å². The van der Waals surface area contributed by atoms with Gasteiger partial charge in [0, 0.05) is 12.8 Å². The smallest absolute Gasteiger partial charge is 0.329 e. The van der Waals surface area contributed by atoms with Gasteiger partial charge < -0.3 is 10.2 Å². The minimum absolute atomic E-state index is 0.139. The number of unbranched alkanes of at least 4 members (excludes halogenated alkanes) is 22. The van der Waals surface area contributed by atoms with Crippen LogP contribution in [0, 0.1) is 0 Å². The minimum Gasteiger partial charge on any atom is -0.480 e. The summed E-state index contributed by atoms with van der Waals surface area (Å²) in [6.45, 7) is 3.73. The van der Waals surface area contributed by atoms with E-state index in [2.05, 4.69) is 38.2 Å². The fourth-order valence-electron chi connectivity index (χ4n) is 5.69. The van der Waals surface area contributed by atoms with Crippen molar-refractivity contribution in [2.45, 2.75) is 200 Å². The second-order valence-electron chi connectivity index (χ2n) is 12.9. The van der Waals surface area contributed by atoms with E-state index in [0.717, 1.165) is 69.1 Å². The van der Waals surface area contributed by atoms with Crippen LogP contribution in [0.1, 0.15) is 194 Å². The van der Waals surface area contributed by atoms with Crippen LogP contribution in [0.25, 0.3) is 0 Å². The molecule has 0 saturated heterocycles. The Labute approximate surface area is 277 Å². The van der Waals surface area contributed by atoms with Crippen molar-refractivity contribution >= 4 is 17.8 Å². The lowest BCUT2D eigenvalue weighted by molar-refractivity contribution is -0.160. The lowest BCUT2D eigenvalue weighted by atomic mass is 10.1. The highest BCUT2D eigenvalue weighted by Gasteiger charge is 2.33. The van der Waals surface area contributed by atoms with Gasteiger partial charge in [-0.25, -0.2) is 4.79 Å². The first kappa shape index (κ1) is 43.0. The quantitative estimate of drug-likeness (QED) is 0.0554. The van der Waals surface area contributed by atoms with E-state index in [0.29, 0.717) is 12.8 Å². The number of amides is 2.